The predicted molar refractivity (Wildman–Crippen MR) is 69.4 cm³/mol. The van der Waals surface area contributed by atoms with E-state index < -0.39 is 0 Å². The molecule has 1 N–H and O–H groups in total. The zero-order valence-corrected chi connectivity index (χ0v) is 11.0. The Morgan fingerprint density at radius 1 is 1.44 bits per heavy atom. The molecule has 0 spiro atoms. The maximum absolute atomic E-state index is 11.7. The monoisotopic (exact) mass is 226 g/mol. The van der Waals surface area contributed by atoms with Gasteiger partial charge in [0, 0.05) is 26.1 Å². The molecule has 0 radical (unpaired) electrons. The fraction of sp³-hybridized carbons (Fsp3) is 0.769. The first-order chi connectivity index (χ1) is 7.57. The molecule has 3 nitrogen and oxygen atoms in total. The summed E-state index contributed by atoms with van der Waals surface area (Å²) in [6.07, 6.45) is 5.44. The van der Waals surface area contributed by atoms with Crippen LogP contribution < -0.4 is 5.32 Å². The first-order valence-electron chi connectivity index (χ1n) is 6.16. The number of unbranched alkanes of at least 4 members (excludes halogenated alkanes) is 1. The zero-order valence-electron chi connectivity index (χ0n) is 11.0. The summed E-state index contributed by atoms with van der Waals surface area (Å²) in [7, 11) is 1.88. The molecule has 94 valence electrons. The van der Waals surface area contributed by atoms with Gasteiger partial charge in [0.15, 0.2) is 0 Å². The lowest BCUT2D eigenvalue weighted by atomic mass is 10.2. The molecule has 1 amide bonds. The highest BCUT2D eigenvalue weighted by Crippen LogP contribution is 1.98. The van der Waals surface area contributed by atoms with Gasteiger partial charge in [0.25, 0.3) is 0 Å². The lowest BCUT2D eigenvalue weighted by molar-refractivity contribution is -0.130. The Labute approximate surface area is 99.9 Å². The van der Waals surface area contributed by atoms with Crippen LogP contribution in [-0.2, 0) is 4.79 Å². The second-order valence-electron chi connectivity index (χ2n) is 4.46. The number of nitrogens with zero attached hydrogens (tertiary/aromatic N) is 1. The van der Waals surface area contributed by atoms with Crippen LogP contribution in [0.4, 0.5) is 0 Å². The van der Waals surface area contributed by atoms with Gasteiger partial charge < -0.3 is 10.2 Å². The smallest absolute Gasteiger partial charge is 0.222 e. The summed E-state index contributed by atoms with van der Waals surface area (Å²) in [5.74, 6) is 0.245. The van der Waals surface area contributed by atoms with E-state index in [1.165, 1.54) is 0 Å². The van der Waals surface area contributed by atoms with Crippen molar-refractivity contribution >= 4 is 5.91 Å². The molecule has 0 aromatic heterocycles. The summed E-state index contributed by atoms with van der Waals surface area (Å²) >= 11 is 0. The topological polar surface area (TPSA) is 32.3 Å². The number of hydrogen-bond acceptors (Lipinski definition) is 2. The van der Waals surface area contributed by atoms with Crippen LogP contribution in [0.3, 0.4) is 0 Å². The summed E-state index contributed by atoms with van der Waals surface area (Å²) in [5.41, 5.74) is 0. The van der Waals surface area contributed by atoms with Crippen LogP contribution in [0.1, 0.15) is 39.5 Å². The van der Waals surface area contributed by atoms with Crippen molar-refractivity contribution in [3.05, 3.63) is 12.7 Å². The number of allylic oxidation sites excluding steroid dienone is 1. The summed E-state index contributed by atoms with van der Waals surface area (Å²) in [6.45, 7) is 9.65. The van der Waals surface area contributed by atoms with Crippen molar-refractivity contribution in [1.29, 1.82) is 0 Å². The van der Waals surface area contributed by atoms with Crippen LogP contribution >= 0.6 is 0 Å². The third-order valence-corrected chi connectivity index (χ3v) is 2.45. The van der Waals surface area contributed by atoms with E-state index in [4.69, 9.17) is 0 Å². The van der Waals surface area contributed by atoms with E-state index in [9.17, 15) is 4.79 Å². The van der Waals surface area contributed by atoms with Crippen LogP contribution in [0, 0.1) is 0 Å². The Hall–Kier alpha value is -0.830. The summed E-state index contributed by atoms with van der Waals surface area (Å²) in [6, 6.07) is 0.500. The van der Waals surface area contributed by atoms with Crippen LogP contribution in [0.25, 0.3) is 0 Å². The highest BCUT2D eigenvalue weighted by Gasteiger charge is 2.07. The zero-order chi connectivity index (χ0) is 12.4. The molecule has 0 fully saturated rings. The molecule has 0 aliphatic rings. The van der Waals surface area contributed by atoms with Gasteiger partial charge in [-0.15, -0.1) is 6.58 Å². The van der Waals surface area contributed by atoms with Gasteiger partial charge in [-0.05, 0) is 25.8 Å². The predicted octanol–water partition coefficient (Wildman–Crippen LogP) is 2.19. The first kappa shape index (κ1) is 15.2. The molecule has 0 rings (SSSR count). The Balaban J connectivity index is 3.51. The second-order valence-corrected chi connectivity index (χ2v) is 4.46. The number of nitrogens with one attached hydrogen (secondary N) is 1. The van der Waals surface area contributed by atoms with Crippen LogP contribution in [-0.4, -0.2) is 37.0 Å². The number of carbonyl (C=O) groups excluding carboxylic acids is 1. The molecule has 0 bridgehead atoms. The molecule has 16 heavy (non-hydrogen) atoms. The average Bonchev–Trinajstić information content (AvgIpc) is 2.24. The normalized spacial score (nSPS) is 10.5. The van der Waals surface area contributed by atoms with Crippen LogP contribution in [0.2, 0.25) is 0 Å². The minimum atomic E-state index is 0.245. The van der Waals surface area contributed by atoms with Gasteiger partial charge in [-0.2, -0.15) is 0 Å². The molecule has 0 aliphatic heterocycles. The number of rotatable bonds is 9. The van der Waals surface area contributed by atoms with Gasteiger partial charge >= 0.3 is 0 Å². The molecular formula is C13H26N2O. The first-order valence-corrected chi connectivity index (χ1v) is 6.16. The molecule has 0 aromatic carbocycles. The summed E-state index contributed by atoms with van der Waals surface area (Å²) in [5, 5.41) is 3.31. The van der Waals surface area contributed by atoms with Crippen molar-refractivity contribution in [3.63, 3.8) is 0 Å². The molecule has 0 atom stereocenters. The summed E-state index contributed by atoms with van der Waals surface area (Å²) in [4.78, 5) is 13.5. The van der Waals surface area contributed by atoms with Crippen molar-refractivity contribution < 1.29 is 4.79 Å². The van der Waals surface area contributed by atoms with E-state index in [1.807, 2.05) is 18.0 Å². The Kier molecular flexibility index (Phi) is 8.91. The number of hydrogen-bond donors (Lipinski definition) is 1. The average molecular weight is 226 g/mol. The van der Waals surface area contributed by atoms with Gasteiger partial charge in [-0.3, -0.25) is 4.79 Å². The van der Waals surface area contributed by atoms with Gasteiger partial charge in [-0.25, -0.2) is 0 Å². The van der Waals surface area contributed by atoms with E-state index in [2.05, 4.69) is 25.7 Å². The Morgan fingerprint density at radius 2 is 2.12 bits per heavy atom. The molecular weight excluding hydrogens is 200 g/mol. The standard InChI is InChI=1S/C13H26N2O/c1-5-6-7-11-15(4)13(16)9-8-10-14-12(2)3/h5,12,14H,1,6-11H2,2-4H3. The van der Waals surface area contributed by atoms with Crippen molar-refractivity contribution in [3.8, 4) is 0 Å². The third-order valence-electron chi connectivity index (χ3n) is 2.45. The number of carbonyl (C=O) groups is 1. The van der Waals surface area contributed by atoms with Crippen molar-refractivity contribution in [2.24, 2.45) is 0 Å². The van der Waals surface area contributed by atoms with Crippen molar-refractivity contribution in [2.75, 3.05) is 20.1 Å². The molecule has 0 saturated heterocycles. The van der Waals surface area contributed by atoms with Gasteiger partial charge in [0.05, 0.1) is 0 Å². The third kappa shape index (κ3) is 8.48. The molecule has 0 saturated carbocycles. The SMILES string of the molecule is C=CCCCN(C)C(=O)CCCNC(C)C. The molecule has 0 heterocycles. The highest BCUT2D eigenvalue weighted by atomic mass is 16.2. The molecule has 0 unspecified atom stereocenters. The van der Waals surface area contributed by atoms with Crippen molar-refractivity contribution in [1.82, 2.24) is 10.2 Å². The van der Waals surface area contributed by atoms with Crippen LogP contribution in [0.5, 0.6) is 0 Å². The van der Waals surface area contributed by atoms with E-state index in [1.54, 1.807) is 0 Å². The fourth-order valence-corrected chi connectivity index (χ4v) is 1.42. The Bertz CT molecular complexity index is 202. The second kappa shape index (κ2) is 9.40. The largest absolute Gasteiger partial charge is 0.346 e. The summed E-state index contributed by atoms with van der Waals surface area (Å²) < 4.78 is 0. The van der Waals surface area contributed by atoms with Gasteiger partial charge in [-0.1, -0.05) is 19.9 Å². The van der Waals surface area contributed by atoms with E-state index >= 15 is 0 Å². The molecule has 3 heteroatoms. The number of amides is 1. The minimum absolute atomic E-state index is 0.245. The van der Waals surface area contributed by atoms with Gasteiger partial charge in [0.1, 0.15) is 0 Å². The van der Waals surface area contributed by atoms with Gasteiger partial charge in [0.2, 0.25) is 5.91 Å². The van der Waals surface area contributed by atoms with E-state index in [0.29, 0.717) is 12.5 Å². The van der Waals surface area contributed by atoms with E-state index in [-0.39, 0.29) is 5.91 Å². The van der Waals surface area contributed by atoms with E-state index in [0.717, 1.165) is 32.4 Å². The Morgan fingerprint density at radius 3 is 2.69 bits per heavy atom. The lowest BCUT2D eigenvalue weighted by Crippen LogP contribution is -2.29. The lowest BCUT2D eigenvalue weighted by Gasteiger charge is -2.17. The quantitative estimate of drug-likeness (QED) is 0.483. The minimum Gasteiger partial charge on any atom is -0.346 e. The highest BCUT2D eigenvalue weighted by molar-refractivity contribution is 5.75. The maximum Gasteiger partial charge on any atom is 0.222 e. The molecule has 0 aliphatic carbocycles. The van der Waals surface area contributed by atoms with Crippen molar-refractivity contribution in [2.45, 2.75) is 45.6 Å². The maximum atomic E-state index is 11.7. The fourth-order valence-electron chi connectivity index (χ4n) is 1.42. The molecule has 0 aromatic rings. The van der Waals surface area contributed by atoms with Crippen LogP contribution in [0.15, 0.2) is 12.7 Å².